The minimum atomic E-state index is 0.532. The summed E-state index contributed by atoms with van der Waals surface area (Å²) < 4.78 is 0. The highest BCUT2D eigenvalue weighted by Gasteiger charge is 2.35. The van der Waals surface area contributed by atoms with Crippen LogP contribution in [0.25, 0.3) is 0 Å². The minimum Gasteiger partial charge on any atom is -0.314 e. The van der Waals surface area contributed by atoms with Crippen molar-refractivity contribution in [3.8, 4) is 0 Å². The van der Waals surface area contributed by atoms with Crippen molar-refractivity contribution in [2.24, 2.45) is 11.3 Å². The Labute approximate surface area is 127 Å². The van der Waals surface area contributed by atoms with Gasteiger partial charge in [-0.15, -0.1) is 0 Å². The van der Waals surface area contributed by atoms with E-state index in [-0.39, 0.29) is 0 Å². The third-order valence-electron chi connectivity index (χ3n) is 5.26. The summed E-state index contributed by atoms with van der Waals surface area (Å²) in [4.78, 5) is 2.69. The molecule has 0 aliphatic heterocycles. The van der Waals surface area contributed by atoms with E-state index < -0.39 is 0 Å². The highest BCUT2D eigenvalue weighted by atomic mass is 15.2. The van der Waals surface area contributed by atoms with E-state index >= 15 is 0 Å². The van der Waals surface area contributed by atoms with Crippen LogP contribution in [0.1, 0.15) is 73.6 Å². The molecular formula is C18H38N2. The lowest BCUT2D eigenvalue weighted by Gasteiger charge is -2.44. The van der Waals surface area contributed by atoms with E-state index in [4.69, 9.17) is 0 Å². The van der Waals surface area contributed by atoms with Gasteiger partial charge in [0.1, 0.15) is 0 Å². The van der Waals surface area contributed by atoms with E-state index in [0.717, 1.165) is 18.0 Å². The van der Waals surface area contributed by atoms with Crippen LogP contribution in [0.4, 0.5) is 0 Å². The summed E-state index contributed by atoms with van der Waals surface area (Å²) in [5.74, 6) is 0.819. The molecule has 2 nitrogen and oxygen atoms in total. The van der Waals surface area contributed by atoms with Gasteiger partial charge in [-0.05, 0) is 63.5 Å². The van der Waals surface area contributed by atoms with Crippen molar-refractivity contribution < 1.29 is 0 Å². The van der Waals surface area contributed by atoms with Gasteiger partial charge in [0.25, 0.3) is 0 Å². The molecule has 0 aromatic heterocycles. The zero-order chi connectivity index (χ0) is 15.2. The fraction of sp³-hybridized carbons (Fsp3) is 1.00. The molecule has 1 fully saturated rings. The number of nitrogens with zero attached hydrogens (tertiary/aromatic N) is 1. The summed E-state index contributed by atoms with van der Waals surface area (Å²) in [6, 6.07) is 1.46. The third kappa shape index (κ3) is 5.37. The molecule has 0 aromatic rings. The maximum absolute atomic E-state index is 3.82. The Balaban J connectivity index is 2.67. The van der Waals surface area contributed by atoms with E-state index in [0.29, 0.717) is 5.41 Å². The van der Waals surface area contributed by atoms with Crippen LogP contribution in [0.5, 0.6) is 0 Å². The highest BCUT2D eigenvalue weighted by Crippen LogP contribution is 2.39. The molecule has 20 heavy (non-hydrogen) atoms. The molecule has 3 atom stereocenters. The van der Waals surface area contributed by atoms with Crippen molar-refractivity contribution in [3.05, 3.63) is 0 Å². The first kappa shape index (κ1) is 18.0. The zero-order valence-corrected chi connectivity index (χ0v) is 14.8. The second-order valence-electron chi connectivity index (χ2n) is 7.57. The van der Waals surface area contributed by atoms with Crippen molar-refractivity contribution in [1.29, 1.82) is 0 Å². The second-order valence-corrected chi connectivity index (χ2v) is 7.57. The molecule has 0 radical (unpaired) electrons. The fourth-order valence-corrected chi connectivity index (χ4v) is 3.71. The molecule has 120 valence electrons. The summed E-state index contributed by atoms with van der Waals surface area (Å²) in [6.07, 6.45) is 6.61. The molecular weight excluding hydrogens is 244 g/mol. The van der Waals surface area contributed by atoms with Gasteiger partial charge in [-0.1, -0.05) is 34.6 Å². The molecule has 0 aromatic carbocycles. The van der Waals surface area contributed by atoms with Gasteiger partial charge < -0.3 is 10.2 Å². The van der Waals surface area contributed by atoms with Gasteiger partial charge in [-0.25, -0.2) is 0 Å². The Bertz CT molecular complexity index is 262. The van der Waals surface area contributed by atoms with E-state index in [1.54, 1.807) is 0 Å². The summed E-state index contributed by atoms with van der Waals surface area (Å²) in [5, 5.41) is 3.82. The van der Waals surface area contributed by atoms with Crippen LogP contribution in [0.2, 0.25) is 0 Å². The topological polar surface area (TPSA) is 15.3 Å². The average Bonchev–Trinajstić information content (AvgIpc) is 2.42. The Kier molecular flexibility index (Phi) is 7.53. The normalized spacial score (nSPS) is 27.8. The number of hydrogen-bond donors (Lipinski definition) is 1. The molecule has 1 aliphatic rings. The predicted molar refractivity (Wildman–Crippen MR) is 90.2 cm³/mol. The third-order valence-corrected chi connectivity index (χ3v) is 5.26. The van der Waals surface area contributed by atoms with Crippen LogP contribution in [-0.2, 0) is 0 Å². The van der Waals surface area contributed by atoms with Crippen LogP contribution in [0.15, 0.2) is 0 Å². The van der Waals surface area contributed by atoms with Gasteiger partial charge in [0.2, 0.25) is 0 Å². The molecule has 0 heterocycles. The van der Waals surface area contributed by atoms with E-state index in [9.17, 15) is 0 Å². The zero-order valence-electron chi connectivity index (χ0n) is 14.8. The van der Waals surface area contributed by atoms with Crippen LogP contribution in [0, 0.1) is 11.3 Å². The molecule has 2 heteroatoms. The Morgan fingerprint density at radius 2 is 1.95 bits per heavy atom. The predicted octanol–water partition coefficient (Wildman–Crippen LogP) is 4.30. The smallest absolute Gasteiger partial charge is 0.0108 e. The van der Waals surface area contributed by atoms with E-state index in [1.165, 1.54) is 51.7 Å². The lowest BCUT2D eigenvalue weighted by atomic mass is 9.69. The summed E-state index contributed by atoms with van der Waals surface area (Å²) in [7, 11) is 0. The molecule has 1 N–H and O–H groups in total. The van der Waals surface area contributed by atoms with Gasteiger partial charge in [-0.3, -0.25) is 0 Å². The minimum absolute atomic E-state index is 0.532. The van der Waals surface area contributed by atoms with Gasteiger partial charge in [0.05, 0.1) is 0 Å². The monoisotopic (exact) mass is 282 g/mol. The molecule has 0 bridgehead atoms. The van der Waals surface area contributed by atoms with Crippen molar-refractivity contribution in [3.63, 3.8) is 0 Å². The Morgan fingerprint density at radius 3 is 2.50 bits per heavy atom. The van der Waals surface area contributed by atoms with Crippen molar-refractivity contribution in [2.75, 3.05) is 19.6 Å². The summed E-state index contributed by atoms with van der Waals surface area (Å²) in [5.41, 5.74) is 0.532. The molecule has 0 spiro atoms. The molecule has 0 amide bonds. The second kappa shape index (κ2) is 8.38. The fourth-order valence-electron chi connectivity index (χ4n) is 3.71. The molecule has 0 saturated heterocycles. The van der Waals surface area contributed by atoms with Crippen molar-refractivity contribution in [2.45, 2.75) is 85.7 Å². The molecule has 1 aliphatic carbocycles. The van der Waals surface area contributed by atoms with Crippen molar-refractivity contribution >= 4 is 0 Å². The molecule has 1 saturated carbocycles. The molecule has 3 unspecified atom stereocenters. The Morgan fingerprint density at radius 1 is 1.25 bits per heavy atom. The number of rotatable bonds is 8. The standard InChI is InChI=1S/C18H38N2/c1-7-12-19-17-10-11-18(5,6)13-16(17)14-20(9-3)15(4)8-2/h15-17,19H,7-14H2,1-6H3. The van der Waals surface area contributed by atoms with Crippen LogP contribution < -0.4 is 5.32 Å². The van der Waals surface area contributed by atoms with Crippen LogP contribution in [-0.4, -0.2) is 36.6 Å². The number of hydrogen-bond acceptors (Lipinski definition) is 2. The maximum Gasteiger partial charge on any atom is 0.0108 e. The summed E-state index contributed by atoms with van der Waals surface area (Å²) >= 11 is 0. The van der Waals surface area contributed by atoms with E-state index in [2.05, 4.69) is 51.8 Å². The van der Waals surface area contributed by atoms with Gasteiger partial charge in [0, 0.05) is 18.6 Å². The van der Waals surface area contributed by atoms with Crippen molar-refractivity contribution in [1.82, 2.24) is 10.2 Å². The first-order chi connectivity index (χ1) is 9.43. The average molecular weight is 283 g/mol. The van der Waals surface area contributed by atoms with Crippen LogP contribution >= 0.6 is 0 Å². The Hall–Kier alpha value is -0.0800. The van der Waals surface area contributed by atoms with Gasteiger partial charge in [0.15, 0.2) is 0 Å². The summed E-state index contributed by atoms with van der Waals surface area (Å²) in [6.45, 7) is 17.8. The first-order valence-corrected chi connectivity index (χ1v) is 8.90. The lowest BCUT2D eigenvalue weighted by Crippen LogP contribution is -2.49. The largest absolute Gasteiger partial charge is 0.314 e. The van der Waals surface area contributed by atoms with Crippen LogP contribution in [0.3, 0.4) is 0 Å². The maximum atomic E-state index is 3.82. The van der Waals surface area contributed by atoms with Gasteiger partial charge in [-0.2, -0.15) is 0 Å². The number of nitrogens with one attached hydrogen (secondary N) is 1. The molecule has 1 rings (SSSR count). The highest BCUT2D eigenvalue weighted by molar-refractivity contribution is 4.90. The lowest BCUT2D eigenvalue weighted by molar-refractivity contribution is 0.0861. The quantitative estimate of drug-likeness (QED) is 0.714. The van der Waals surface area contributed by atoms with Gasteiger partial charge >= 0.3 is 0 Å². The first-order valence-electron chi connectivity index (χ1n) is 8.90. The SMILES string of the molecule is CCCNC1CCC(C)(C)CC1CN(CC)C(C)CC. The van der Waals surface area contributed by atoms with E-state index in [1.807, 2.05) is 0 Å².